The third kappa shape index (κ3) is 0.564. The molecule has 1 saturated heterocycles. The Labute approximate surface area is 49.0 Å². The quantitative estimate of drug-likeness (QED) is 0.420. The van der Waals surface area contributed by atoms with Crippen LogP contribution >= 0.6 is 0 Å². The molecule has 0 aromatic rings. The van der Waals surface area contributed by atoms with Crippen LogP contribution in [0.5, 0.6) is 0 Å². The lowest BCUT2D eigenvalue weighted by Crippen LogP contribution is -2.18. The summed E-state index contributed by atoms with van der Waals surface area (Å²) in [5.74, 6) is 0.703. The minimum Gasteiger partial charge on any atom is -0.295 e. The number of aliphatic imine (C=N–C) groups is 1. The molecule has 2 heteroatoms. The Bertz CT molecular complexity index is 120. The summed E-state index contributed by atoms with van der Waals surface area (Å²) in [6.07, 6.45) is 3.33. The summed E-state index contributed by atoms with van der Waals surface area (Å²) >= 11 is 0. The fraction of sp³-hybridized carbons (Fsp3) is 0.833. The van der Waals surface area contributed by atoms with Gasteiger partial charge in [0.25, 0.3) is 0 Å². The Kier molecular flexibility index (Phi) is 0.875. The van der Waals surface area contributed by atoms with E-state index in [9.17, 15) is 0 Å². The molecule has 0 saturated carbocycles. The first kappa shape index (κ1) is 4.50. The smallest absolute Gasteiger partial charge is 0.0555 e. The molecule has 1 fully saturated rings. The van der Waals surface area contributed by atoms with Crippen LogP contribution in [0.4, 0.5) is 0 Å². The Hall–Kier alpha value is -0.370. The first-order chi connectivity index (χ1) is 3.95. The zero-order valence-electron chi connectivity index (χ0n) is 4.75. The minimum atomic E-state index is 0.588. The highest BCUT2D eigenvalue weighted by Gasteiger charge is 2.26. The van der Waals surface area contributed by atoms with Crippen LogP contribution in [0.1, 0.15) is 6.42 Å². The van der Waals surface area contributed by atoms with E-state index in [2.05, 4.69) is 16.5 Å². The van der Waals surface area contributed by atoms with Gasteiger partial charge in [-0.25, -0.2) is 5.32 Å². The molecule has 0 amide bonds. The zero-order valence-corrected chi connectivity index (χ0v) is 4.75. The first-order valence-electron chi connectivity index (χ1n) is 3.12. The van der Waals surface area contributed by atoms with Crippen LogP contribution in [0.25, 0.3) is 0 Å². The van der Waals surface area contributed by atoms with Crippen LogP contribution in [0.3, 0.4) is 0 Å². The molecule has 8 heavy (non-hydrogen) atoms. The Balaban J connectivity index is 2.17. The predicted molar refractivity (Wildman–Crippen MR) is 32.3 cm³/mol. The SMILES string of the molecule is C1=NCC2CC1C[N]2. The van der Waals surface area contributed by atoms with E-state index in [1.807, 2.05) is 0 Å². The largest absolute Gasteiger partial charge is 0.295 e. The number of hydrogen-bond donors (Lipinski definition) is 0. The molecule has 2 aliphatic rings. The molecule has 43 valence electrons. The molecule has 0 spiro atoms. The maximum atomic E-state index is 4.37. The summed E-state index contributed by atoms with van der Waals surface area (Å²) in [6.45, 7) is 1.99. The molecule has 1 radical (unpaired) electrons. The number of fused-ring (bicyclic) bond motifs is 2. The molecule has 0 aromatic heterocycles. The highest BCUT2D eigenvalue weighted by atomic mass is 15.0. The molecule has 2 bridgehead atoms. The summed E-state index contributed by atoms with van der Waals surface area (Å²) in [5.41, 5.74) is 0. The van der Waals surface area contributed by atoms with Crippen LogP contribution in [0, 0.1) is 5.92 Å². The van der Waals surface area contributed by atoms with Crippen molar-refractivity contribution in [3.05, 3.63) is 0 Å². The van der Waals surface area contributed by atoms with E-state index in [1.165, 1.54) is 6.42 Å². The lowest BCUT2D eigenvalue weighted by Gasteiger charge is -2.07. The monoisotopic (exact) mass is 109 g/mol. The summed E-state index contributed by atoms with van der Waals surface area (Å²) in [5, 5.41) is 4.37. The van der Waals surface area contributed by atoms with Gasteiger partial charge in [-0.1, -0.05) is 0 Å². The van der Waals surface area contributed by atoms with Gasteiger partial charge >= 0.3 is 0 Å². The van der Waals surface area contributed by atoms with E-state index >= 15 is 0 Å². The van der Waals surface area contributed by atoms with Gasteiger partial charge in [-0.15, -0.1) is 0 Å². The van der Waals surface area contributed by atoms with Crippen molar-refractivity contribution < 1.29 is 0 Å². The normalized spacial score (nSPS) is 43.0. The predicted octanol–water partition coefficient (Wildman–Crippen LogP) is 0.0637. The molecule has 0 N–H and O–H groups in total. The van der Waals surface area contributed by atoms with Gasteiger partial charge in [0.2, 0.25) is 0 Å². The fourth-order valence-electron chi connectivity index (χ4n) is 1.35. The van der Waals surface area contributed by atoms with Crippen molar-refractivity contribution in [1.82, 2.24) is 5.32 Å². The van der Waals surface area contributed by atoms with Crippen molar-refractivity contribution >= 4 is 6.21 Å². The molecule has 0 aliphatic carbocycles. The van der Waals surface area contributed by atoms with Gasteiger partial charge in [-0.3, -0.25) is 4.99 Å². The molecular formula is C6H9N2. The molecule has 2 rings (SSSR count). The molecule has 2 heterocycles. The van der Waals surface area contributed by atoms with Crippen LogP contribution in [0.2, 0.25) is 0 Å². The highest BCUT2D eigenvalue weighted by Crippen LogP contribution is 2.17. The van der Waals surface area contributed by atoms with Crippen LogP contribution in [0.15, 0.2) is 4.99 Å². The van der Waals surface area contributed by atoms with E-state index in [0.29, 0.717) is 12.0 Å². The maximum absolute atomic E-state index is 4.37. The third-order valence-corrected chi connectivity index (χ3v) is 1.81. The average Bonchev–Trinajstić information content (AvgIpc) is 2.12. The summed E-state index contributed by atoms with van der Waals surface area (Å²) < 4.78 is 0. The van der Waals surface area contributed by atoms with Gasteiger partial charge in [0.15, 0.2) is 0 Å². The topological polar surface area (TPSA) is 26.5 Å². The van der Waals surface area contributed by atoms with Gasteiger partial charge in [-0.2, -0.15) is 0 Å². The second kappa shape index (κ2) is 1.55. The summed E-state index contributed by atoms with van der Waals surface area (Å²) in [6, 6.07) is 0.588. The summed E-state index contributed by atoms with van der Waals surface area (Å²) in [7, 11) is 0. The number of hydrogen-bond acceptors (Lipinski definition) is 1. The highest BCUT2D eigenvalue weighted by molar-refractivity contribution is 5.63. The van der Waals surface area contributed by atoms with Crippen LogP contribution in [-0.4, -0.2) is 25.3 Å². The standard InChI is InChI=1S/C6H9N2/c1-5-2-7-4-6(1)8-3-5/h2,5-6H,1,3-4H2. The molecule has 2 aliphatic heterocycles. The lowest BCUT2D eigenvalue weighted by molar-refractivity contribution is 0.593. The van der Waals surface area contributed by atoms with Crippen molar-refractivity contribution in [2.75, 3.05) is 13.1 Å². The van der Waals surface area contributed by atoms with Gasteiger partial charge in [-0.05, 0) is 6.42 Å². The number of nitrogens with zero attached hydrogens (tertiary/aromatic N) is 2. The first-order valence-corrected chi connectivity index (χ1v) is 3.12. The Morgan fingerprint density at radius 2 is 2.38 bits per heavy atom. The molecule has 2 unspecified atom stereocenters. The van der Waals surface area contributed by atoms with E-state index in [0.717, 1.165) is 13.1 Å². The van der Waals surface area contributed by atoms with Crippen molar-refractivity contribution in [2.45, 2.75) is 12.5 Å². The third-order valence-electron chi connectivity index (χ3n) is 1.81. The van der Waals surface area contributed by atoms with Crippen molar-refractivity contribution in [2.24, 2.45) is 10.9 Å². The molecule has 2 nitrogen and oxygen atoms in total. The van der Waals surface area contributed by atoms with E-state index in [1.54, 1.807) is 0 Å². The van der Waals surface area contributed by atoms with Crippen molar-refractivity contribution in [1.29, 1.82) is 0 Å². The fourth-order valence-corrected chi connectivity index (χ4v) is 1.35. The molecule has 0 aromatic carbocycles. The maximum Gasteiger partial charge on any atom is 0.0555 e. The lowest BCUT2D eigenvalue weighted by atomic mass is 10.1. The second-order valence-electron chi connectivity index (χ2n) is 2.53. The Morgan fingerprint density at radius 1 is 1.38 bits per heavy atom. The van der Waals surface area contributed by atoms with E-state index < -0.39 is 0 Å². The molecular weight excluding hydrogens is 100 g/mol. The van der Waals surface area contributed by atoms with E-state index in [-0.39, 0.29) is 0 Å². The average molecular weight is 109 g/mol. The second-order valence-corrected chi connectivity index (χ2v) is 2.53. The minimum absolute atomic E-state index is 0.588. The van der Waals surface area contributed by atoms with Crippen molar-refractivity contribution in [3.63, 3.8) is 0 Å². The Morgan fingerprint density at radius 3 is 3.12 bits per heavy atom. The van der Waals surface area contributed by atoms with Gasteiger partial charge in [0, 0.05) is 24.7 Å². The van der Waals surface area contributed by atoms with Crippen LogP contribution < -0.4 is 5.32 Å². The van der Waals surface area contributed by atoms with Gasteiger partial charge in [0.1, 0.15) is 0 Å². The van der Waals surface area contributed by atoms with Gasteiger partial charge < -0.3 is 0 Å². The van der Waals surface area contributed by atoms with Crippen molar-refractivity contribution in [3.8, 4) is 0 Å². The summed E-state index contributed by atoms with van der Waals surface area (Å²) in [4.78, 5) is 4.18. The molecule has 2 atom stereocenters. The van der Waals surface area contributed by atoms with Crippen LogP contribution in [-0.2, 0) is 0 Å². The zero-order chi connectivity index (χ0) is 5.40. The van der Waals surface area contributed by atoms with E-state index in [4.69, 9.17) is 0 Å². The number of rotatable bonds is 0. The van der Waals surface area contributed by atoms with Gasteiger partial charge in [0.05, 0.1) is 6.54 Å².